The van der Waals surface area contributed by atoms with Gasteiger partial charge in [0.2, 0.25) is 0 Å². The Morgan fingerprint density at radius 3 is 2.32 bits per heavy atom. The molecule has 0 aromatic carbocycles. The van der Waals surface area contributed by atoms with Gasteiger partial charge in [-0.05, 0) is 20.3 Å². The van der Waals surface area contributed by atoms with Crippen LogP contribution < -0.4 is 5.32 Å². The standard InChI is InChI=1S/C12H19NO6/c1-5-19-10(15)8-7(9(14)17-3)6-12(2,13-8)11(16)18-4/h7-8,13H,5-6H2,1-4H3/t7-,8+,12-/m0/s1. The van der Waals surface area contributed by atoms with E-state index in [4.69, 9.17) is 4.74 Å². The first kappa shape index (κ1) is 15.4. The molecule has 3 atom stereocenters. The Morgan fingerprint density at radius 1 is 1.21 bits per heavy atom. The van der Waals surface area contributed by atoms with Crippen molar-refractivity contribution >= 4 is 17.9 Å². The van der Waals surface area contributed by atoms with Crippen molar-refractivity contribution in [1.29, 1.82) is 0 Å². The van der Waals surface area contributed by atoms with Crippen molar-refractivity contribution in [1.82, 2.24) is 5.32 Å². The van der Waals surface area contributed by atoms with Crippen LogP contribution in [0.2, 0.25) is 0 Å². The van der Waals surface area contributed by atoms with Crippen molar-refractivity contribution in [2.75, 3.05) is 20.8 Å². The number of nitrogens with one attached hydrogen (secondary N) is 1. The van der Waals surface area contributed by atoms with Gasteiger partial charge in [-0.25, -0.2) is 0 Å². The monoisotopic (exact) mass is 273 g/mol. The summed E-state index contributed by atoms with van der Waals surface area (Å²) in [6.07, 6.45) is 0.121. The van der Waals surface area contributed by atoms with E-state index in [0.29, 0.717) is 0 Å². The van der Waals surface area contributed by atoms with Crippen LogP contribution in [0.1, 0.15) is 20.3 Å². The topological polar surface area (TPSA) is 90.9 Å². The molecule has 1 fully saturated rings. The van der Waals surface area contributed by atoms with Crippen LogP contribution in [0.3, 0.4) is 0 Å². The van der Waals surface area contributed by atoms with Gasteiger partial charge in [0, 0.05) is 0 Å². The molecule has 19 heavy (non-hydrogen) atoms. The smallest absolute Gasteiger partial charge is 0.325 e. The Kier molecular flexibility index (Phi) is 4.88. The first-order chi connectivity index (χ1) is 8.89. The molecule has 108 valence electrons. The van der Waals surface area contributed by atoms with Gasteiger partial charge in [-0.2, -0.15) is 0 Å². The fourth-order valence-electron chi connectivity index (χ4n) is 2.25. The Balaban J connectivity index is 2.97. The van der Waals surface area contributed by atoms with Crippen molar-refractivity contribution < 1.29 is 28.6 Å². The third-order valence-electron chi connectivity index (χ3n) is 3.18. The van der Waals surface area contributed by atoms with Crippen LogP contribution in [0.5, 0.6) is 0 Å². The molecule has 1 aliphatic heterocycles. The van der Waals surface area contributed by atoms with E-state index in [1.807, 2.05) is 0 Å². The summed E-state index contributed by atoms with van der Waals surface area (Å²) in [6, 6.07) is -0.906. The molecule has 0 aromatic heterocycles. The highest BCUT2D eigenvalue weighted by molar-refractivity contribution is 5.90. The van der Waals surface area contributed by atoms with E-state index in [-0.39, 0.29) is 13.0 Å². The first-order valence-corrected chi connectivity index (χ1v) is 6.00. The molecule has 7 heteroatoms. The minimum atomic E-state index is -1.11. The van der Waals surface area contributed by atoms with Gasteiger partial charge in [0.1, 0.15) is 11.6 Å². The van der Waals surface area contributed by atoms with Crippen LogP contribution >= 0.6 is 0 Å². The molecule has 0 aliphatic carbocycles. The number of esters is 3. The summed E-state index contributed by atoms with van der Waals surface area (Å²) < 4.78 is 14.2. The van der Waals surface area contributed by atoms with Crippen LogP contribution in [0.15, 0.2) is 0 Å². The molecule has 1 rings (SSSR count). The van der Waals surface area contributed by atoms with Crippen LogP contribution in [0.25, 0.3) is 0 Å². The summed E-state index contributed by atoms with van der Waals surface area (Å²) in [5.41, 5.74) is -1.11. The molecule has 1 N–H and O–H groups in total. The zero-order valence-electron chi connectivity index (χ0n) is 11.5. The second-order valence-electron chi connectivity index (χ2n) is 4.53. The average Bonchev–Trinajstić information content (AvgIpc) is 2.76. The molecule has 7 nitrogen and oxygen atoms in total. The molecule has 0 bridgehead atoms. The predicted octanol–water partition coefficient (Wildman–Crippen LogP) is -0.368. The molecular formula is C12H19NO6. The first-order valence-electron chi connectivity index (χ1n) is 6.00. The average molecular weight is 273 g/mol. The molecule has 0 amide bonds. The molecule has 0 radical (unpaired) electrons. The maximum atomic E-state index is 11.8. The van der Waals surface area contributed by atoms with Crippen molar-refractivity contribution in [2.24, 2.45) is 5.92 Å². The van der Waals surface area contributed by atoms with E-state index in [9.17, 15) is 14.4 Å². The Morgan fingerprint density at radius 2 is 1.84 bits per heavy atom. The second kappa shape index (κ2) is 6.01. The second-order valence-corrected chi connectivity index (χ2v) is 4.53. The van der Waals surface area contributed by atoms with Crippen molar-refractivity contribution in [2.45, 2.75) is 31.8 Å². The van der Waals surface area contributed by atoms with Gasteiger partial charge in [-0.1, -0.05) is 0 Å². The summed E-state index contributed by atoms with van der Waals surface area (Å²) in [4.78, 5) is 35.3. The molecule has 0 saturated carbocycles. The molecular weight excluding hydrogens is 254 g/mol. The number of hydrogen-bond donors (Lipinski definition) is 1. The Hall–Kier alpha value is -1.63. The number of hydrogen-bond acceptors (Lipinski definition) is 7. The summed E-state index contributed by atoms with van der Waals surface area (Å²) in [5.74, 6) is -2.44. The van der Waals surface area contributed by atoms with Crippen molar-refractivity contribution in [3.63, 3.8) is 0 Å². The summed E-state index contributed by atoms with van der Waals surface area (Å²) in [5, 5.41) is 2.82. The number of carbonyl (C=O) groups excluding carboxylic acids is 3. The van der Waals surface area contributed by atoms with E-state index in [1.54, 1.807) is 13.8 Å². The van der Waals surface area contributed by atoms with Crippen LogP contribution in [-0.2, 0) is 28.6 Å². The number of ether oxygens (including phenoxy) is 3. The predicted molar refractivity (Wildman–Crippen MR) is 64.1 cm³/mol. The summed E-state index contributed by atoms with van der Waals surface area (Å²) in [7, 11) is 2.48. The van der Waals surface area contributed by atoms with Crippen LogP contribution in [0, 0.1) is 5.92 Å². The summed E-state index contributed by atoms with van der Waals surface area (Å²) in [6.45, 7) is 3.44. The number of rotatable bonds is 4. The largest absolute Gasteiger partial charge is 0.469 e. The third-order valence-corrected chi connectivity index (χ3v) is 3.18. The third kappa shape index (κ3) is 3.04. The van der Waals surface area contributed by atoms with Gasteiger partial charge in [-0.3, -0.25) is 19.7 Å². The fraction of sp³-hybridized carbons (Fsp3) is 0.750. The SMILES string of the molecule is CCOC(=O)[C@@H]1N[C@](C)(C(=O)OC)C[C@@H]1C(=O)OC. The van der Waals surface area contributed by atoms with Gasteiger partial charge in [0.15, 0.2) is 0 Å². The maximum absolute atomic E-state index is 11.8. The summed E-state index contributed by atoms with van der Waals surface area (Å²) >= 11 is 0. The Labute approximate surface area is 111 Å². The van der Waals surface area contributed by atoms with Crippen LogP contribution in [-0.4, -0.2) is 50.3 Å². The minimum absolute atomic E-state index is 0.121. The van der Waals surface area contributed by atoms with E-state index < -0.39 is 35.4 Å². The molecule has 0 aromatic rings. The van der Waals surface area contributed by atoms with Gasteiger partial charge >= 0.3 is 17.9 Å². The van der Waals surface area contributed by atoms with Gasteiger partial charge in [0.25, 0.3) is 0 Å². The van der Waals surface area contributed by atoms with Gasteiger partial charge in [-0.15, -0.1) is 0 Å². The van der Waals surface area contributed by atoms with Crippen molar-refractivity contribution in [3.8, 4) is 0 Å². The zero-order valence-corrected chi connectivity index (χ0v) is 11.5. The highest BCUT2D eigenvalue weighted by Gasteiger charge is 2.53. The van der Waals surface area contributed by atoms with E-state index in [2.05, 4.69) is 14.8 Å². The fourth-order valence-corrected chi connectivity index (χ4v) is 2.25. The lowest BCUT2D eigenvalue weighted by Gasteiger charge is -2.21. The Bertz CT molecular complexity index is 382. The molecule has 1 aliphatic rings. The van der Waals surface area contributed by atoms with Crippen molar-refractivity contribution in [3.05, 3.63) is 0 Å². The minimum Gasteiger partial charge on any atom is -0.469 e. The molecule has 1 heterocycles. The zero-order chi connectivity index (χ0) is 14.6. The molecule has 0 spiro atoms. The normalized spacial score (nSPS) is 29.7. The lowest BCUT2D eigenvalue weighted by atomic mass is 9.92. The quantitative estimate of drug-likeness (QED) is 0.552. The number of carbonyl (C=O) groups is 3. The maximum Gasteiger partial charge on any atom is 0.325 e. The highest BCUT2D eigenvalue weighted by atomic mass is 16.5. The van der Waals surface area contributed by atoms with E-state index >= 15 is 0 Å². The molecule has 1 saturated heterocycles. The van der Waals surface area contributed by atoms with Gasteiger partial charge in [0.05, 0.1) is 26.7 Å². The number of methoxy groups -OCH3 is 2. The lowest BCUT2D eigenvalue weighted by molar-refractivity contribution is -0.154. The van der Waals surface area contributed by atoms with Gasteiger partial charge < -0.3 is 14.2 Å². The van der Waals surface area contributed by atoms with E-state index in [1.165, 1.54) is 14.2 Å². The van der Waals surface area contributed by atoms with E-state index in [0.717, 1.165) is 0 Å². The lowest BCUT2D eigenvalue weighted by Crippen LogP contribution is -2.50. The molecule has 0 unspecified atom stereocenters. The highest BCUT2D eigenvalue weighted by Crippen LogP contribution is 2.31. The van der Waals surface area contributed by atoms with Crippen LogP contribution in [0.4, 0.5) is 0 Å².